The standard InChI is InChI=1S/C45H34F5N7O4/c1-55-41-34(22-32(45(48,49)50)23-36(41)56(43(55)59)25-40(58)53-33-18-19-38(47)51-24-33)28-20-35(46)42(37(21-28)60-2)61-26-39-54-52-27-57(39)44(29-12-6-3-7-13-29,30-14-8-4-9-15-30)31-16-10-5-11-17-31/h3-24,27H,25-26H2,1-2H3,(H,53,58). The molecule has 0 aliphatic heterocycles. The molecule has 1 N–H and O–H groups in total. The molecule has 0 spiro atoms. The van der Waals surface area contributed by atoms with Gasteiger partial charge in [-0.15, -0.1) is 10.2 Å². The van der Waals surface area contributed by atoms with E-state index in [0.717, 1.165) is 56.3 Å². The Morgan fingerprint density at radius 3 is 1.98 bits per heavy atom. The number of ether oxygens (including phenoxy) is 2. The molecule has 61 heavy (non-hydrogen) atoms. The van der Waals surface area contributed by atoms with Crippen molar-refractivity contribution in [1.29, 1.82) is 0 Å². The Kier molecular flexibility index (Phi) is 10.7. The van der Waals surface area contributed by atoms with Crippen LogP contribution in [0.25, 0.3) is 22.2 Å². The van der Waals surface area contributed by atoms with E-state index in [0.29, 0.717) is 5.82 Å². The highest BCUT2D eigenvalue weighted by Gasteiger charge is 2.40. The molecule has 8 rings (SSSR count). The summed E-state index contributed by atoms with van der Waals surface area (Å²) < 4.78 is 88.6. The molecule has 0 saturated carbocycles. The third kappa shape index (κ3) is 7.47. The van der Waals surface area contributed by atoms with Gasteiger partial charge in [0.05, 0.1) is 35.6 Å². The quantitative estimate of drug-likeness (QED) is 0.0747. The molecule has 8 aromatic rings. The van der Waals surface area contributed by atoms with E-state index in [1.807, 2.05) is 95.6 Å². The summed E-state index contributed by atoms with van der Waals surface area (Å²) in [7, 11) is 2.57. The number of hydrogen-bond donors (Lipinski definition) is 1. The number of imidazole rings is 1. The van der Waals surface area contributed by atoms with Crippen molar-refractivity contribution in [3.63, 3.8) is 0 Å². The number of benzene rings is 5. The van der Waals surface area contributed by atoms with Crippen LogP contribution in [-0.2, 0) is 36.7 Å². The van der Waals surface area contributed by atoms with Gasteiger partial charge in [-0.3, -0.25) is 18.5 Å². The summed E-state index contributed by atoms with van der Waals surface area (Å²) in [6.07, 6.45) is -2.29. The maximum Gasteiger partial charge on any atom is 0.416 e. The van der Waals surface area contributed by atoms with Gasteiger partial charge < -0.3 is 14.8 Å². The SMILES string of the molecule is COc1cc(-c2cc(C(F)(F)F)cc3c2n(C)c(=O)n3CC(=O)Nc2ccc(F)nc2)cc(F)c1OCc1nncn1C(c1ccccc1)(c1ccccc1)c1ccccc1. The van der Waals surface area contributed by atoms with Gasteiger partial charge in [0.25, 0.3) is 0 Å². The Balaban J connectivity index is 1.19. The fraction of sp³-hybridized carbons (Fsp3) is 0.133. The van der Waals surface area contributed by atoms with E-state index in [1.165, 1.54) is 26.3 Å². The predicted octanol–water partition coefficient (Wildman–Crippen LogP) is 8.36. The summed E-state index contributed by atoms with van der Waals surface area (Å²) in [5.41, 5.74) is -0.775. The summed E-state index contributed by atoms with van der Waals surface area (Å²) in [5, 5.41) is 11.1. The zero-order chi connectivity index (χ0) is 42.9. The Morgan fingerprint density at radius 1 is 0.803 bits per heavy atom. The van der Waals surface area contributed by atoms with E-state index in [-0.39, 0.29) is 46.0 Å². The number of amides is 1. The minimum Gasteiger partial charge on any atom is -0.493 e. The summed E-state index contributed by atoms with van der Waals surface area (Å²) >= 11 is 0. The zero-order valence-corrected chi connectivity index (χ0v) is 32.4. The Bertz CT molecular complexity index is 2820. The first kappa shape index (κ1) is 40.2. The molecule has 0 saturated heterocycles. The van der Waals surface area contributed by atoms with Crippen LogP contribution in [0.5, 0.6) is 11.5 Å². The number of fused-ring (bicyclic) bond motifs is 1. The minimum absolute atomic E-state index is 0.0171. The number of carbonyl (C=O) groups excluding carboxylic acids is 1. The first-order valence-corrected chi connectivity index (χ1v) is 18.7. The number of nitrogens with zero attached hydrogens (tertiary/aromatic N) is 6. The molecule has 0 atom stereocenters. The van der Waals surface area contributed by atoms with Gasteiger partial charge in [-0.25, -0.2) is 14.2 Å². The topological polar surface area (TPSA) is 118 Å². The van der Waals surface area contributed by atoms with Crippen LogP contribution < -0.4 is 20.5 Å². The average Bonchev–Trinajstić information content (AvgIpc) is 3.83. The van der Waals surface area contributed by atoms with Crippen LogP contribution in [0.2, 0.25) is 0 Å². The largest absolute Gasteiger partial charge is 0.493 e. The van der Waals surface area contributed by atoms with Crippen molar-refractivity contribution in [3.05, 3.63) is 190 Å². The first-order valence-electron chi connectivity index (χ1n) is 18.7. The Labute approximate surface area is 344 Å². The summed E-state index contributed by atoms with van der Waals surface area (Å²) in [6.45, 7) is -1.02. The van der Waals surface area contributed by atoms with Crippen molar-refractivity contribution in [2.75, 3.05) is 12.4 Å². The molecule has 0 aliphatic carbocycles. The van der Waals surface area contributed by atoms with Gasteiger partial charge in [-0.05, 0) is 58.7 Å². The van der Waals surface area contributed by atoms with Crippen LogP contribution in [0.3, 0.4) is 0 Å². The smallest absolute Gasteiger partial charge is 0.416 e. The maximum absolute atomic E-state index is 16.4. The van der Waals surface area contributed by atoms with Crippen molar-refractivity contribution in [2.45, 2.75) is 24.9 Å². The van der Waals surface area contributed by atoms with E-state index >= 15 is 4.39 Å². The van der Waals surface area contributed by atoms with E-state index in [1.54, 1.807) is 6.33 Å². The van der Waals surface area contributed by atoms with Crippen molar-refractivity contribution in [1.82, 2.24) is 28.9 Å². The fourth-order valence-electron chi connectivity index (χ4n) is 7.63. The fourth-order valence-corrected chi connectivity index (χ4v) is 7.63. The number of aryl methyl sites for hydroxylation is 1. The van der Waals surface area contributed by atoms with E-state index < -0.39 is 47.2 Å². The lowest BCUT2D eigenvalue weighted by Gasteiger charge is -2.38. The first-order chi connectivity index (χ1) is 29.4. The molecule has 5 aromatic carbocycles. The lowest BCUT2D eigenvalue weighted by Crippen LogP contribution is -2.38. The maximum atomic E-state index is 16.4. The van der Waals surface area contributed by atoms with Crippen LogP contribution in [0.1, 0.15) is 28.1 Å². The van der Waals surface area contributed by atoms with Gasteiger partial charge >= 0.3 is 11.9 Å². The van der Waals surface area contributed by atoms with Crippen LogP contribution >= 0.6 is 0 Å². The van der Waals surface area contributed by atoms with Crippen LogP contribution in [0, 0.1) is 11.8 Å². The number of pyridine rings is 1. The van der Waals surface area contributed by atoms with Gasteiger partial charge in [-0.2, -0.15) is 17.6 Å². The van der Waals surface area contributed by atoms with Gasteiger partial charge in [0, 0.05) is 12.6 Å². The highest BCUT2D eigenvalue weighted by atomic mass is 19.4. The lowest BCUT2D eigenvalue weighted by atomic mass is 9.76. The Hall–Kier alpha value is -7.62. The highest BCUT2D eigenvalue weighted by molar-refractivity contribution is 5.96. The molecule has 0 bridgehead atoms. The monoisotopic (exact) mass is 831 g/mol. The van der Waals surface area contributed by atoms with Crippen molar-refractivity contribution in [3.8, 4) is 22.6 Å². The second-order valence-electron chi connectivity index (χ2n) is 13.9. The molecule has 11 nitrogen and oxygen atoms in total. The molecule has 0 aliphatic rings. The van der Waals surface area contributed by atoms with Crippen LogP contribution in [0.15, 0.2) is 145 Å². The summed E-state index contributed by atoms with van der Waals surface area (Å²) in [6, 6.07) is 35.3. The Morgan fingerprint density at radius 2 is 1.43 bits per heavy atom. The van der Waals surface area contributed by atoms with Crippen molar-refractivity contribution in [2.24, 2.45) is 7.05 Å². The molecular formula is C45H34F5N7O4. The molecular weight excluding hydrogens is 798 g/mol. The van der Waals surface area contributed by atoms with Crippen LogP contribution in [-0.4, -0.2) is 41.9 Å². The molecule has 1 amide bonds. The normalized spacial score (nSPS) is 11.8. The number of hydrogen-bond acceptors (Lipinski definition) is 7. The second-order valence-corrected chi connectivity index (χ2v) is 13.9. The van der Waals surface area contributed by atoms with E-state index in [4.69, 9.17) is 9.47 Å². The number of methoxy groups -OCH3 is 1. The third-order valence-corrected chi connectivity index (χ3v) is 10.3. The molecule has 0 fully saturated rings. The summed E-state index contributed by atoms with van der Waals surface area (Å²) in [4.78, 5) is 30.0. The van der Waals surface area contributed by atoms with Gasteiger partial charge in [0.2, 0.25) is 11.9 Å². The van der Waals surface area contributed by atoms with E-state index in [9.17, 15) is 27.2 Å². The number of carbonyl (C=O) groups is 1. The van der Waals surface area contributed by atoms with Gasteiger partial charge in [-0.1, -0.05) is 91.0 Å². The molecule has 3 aromatic heterocycles. The molecule has 0 unspecified atom stereocenters. The number of nitrogens with one attached hydrogen (secondary N) is 1. The molecule has 308 valence electrons. The lowest BCUT2D eigenvalue weighted by molar-refractivity contribution is -0.137. The number of aromatic nitrogens is 6. The minimum atomic E-state index is -4.90. The van der Waals surface area contributed by atoms with Crippen molar-refractivity contribution >= 4 is 22.6 Å². The number of anilines is 1. The summed E-state index contributed by atoms with van der Waals surface area (Å²) in [5.74, 6) is -2.78. The molecule has 0 radical (unpaired) electrons. The average molecular weight is 832 g/mol. The van der Waals surface area contributed by atoms with E-state index in [2.05, 4.69) is 20.5 Å². The van der Waals surface area contributed by atoms with Gasteiger partial charge in [0.15, 0.2) is 23.1 Å². The third-order valence-electron chi connectivity index (χ3n) is 10.3. The highest BCUT2D eigenvalue weighted by Crippen LogP contribution is 2.43. The van der Waals surface area contributed by atoms with Crippen molar-refractivity contribution < 1.29 is 36.2 Å². The molecule has 3 heterocycles. The number of rotatable bonds is 12. The van der Waals surface area contributed by atoms with Crippen LogP contribution in [0.4, 0.5) is 27.6 Å². The second kappa shape index (κ2) is 16.2. The molecule has 16 heteroatoms. The number of halogens is 5. The number of alkyl halides is 3. The predicted molar refractivity (Wildman–Crippen MR) is 216 cm³/mol. The van der Waals surface area contributed by atoms with Gasteiger partial charge in [0.1, 0.15) is 25.0 Å². The zero-order valence-electron chi connectivity index (χ0n) is 32.4.